The molecule has 0 saturated heterocycles. The van der Waals surface area contributed by atoms with Gasteiger partial charge in [-0.2, -0.15) is 0 Å². The summed E-state index contributed by atoms with van der Waals surface area (Å²) in [4.78, 5) is 13.4. The number of hydrogen-bond acceptors (Lipinski definition) is 4. The van der Waals surface area contributed by atoms with Gasteiger partial charge in [0.1, 0.15) is 5.75 Å². The average Bonchev–Trinajstić information content (AvgIpc) is 2.38. The van der Waals surface area contributed by atoms with Crippen molar-refractivity contribution in [3.05, 3.63) is 29.8 Å². The summed E-state index contributed by atoms with van der Waals surface area (Å²) in [6.07, 6.45) is 0. The van der Waals surface area contributed by atoms with Gasteiger partial charge < -0.3 is 14.4 Å². The lowest BCUT2D eigenvalue weighted by molar-refractivity contribution is -0.146. The zero-order valence-corrected chi connectivity index (χ0v) is 12.7. The van der Waals surface area contributed by atoms with Gasteiger partial charge in [0.2, 0.25) is 0 Å². The third-order valence-electron chi connectivity index (χ3n) is 2.84. The largest absolute Gasteiger partial charge is 0.468 e. The van der Waals surface area contributed by atoms with Gasteiger partial charge in [-0.15, -0.1) is 0 Å². The molecule has 0 bridgehead atoms. The Labute approximate surface area is 119 Å². The minimum Gasteiger partial charge on any atom is -0.468 e. The second-order valence-corrected chi connectivity index (χ2v) is 5.25. The van der Waals surface area contributed by atoms with Gasteiger partial charge in [-0.1, -0.05) is 12.1 Å². The van der Waals surface area contributed by atoms with Crippen LogP contribution in [0.5, 0.6) is 5.75 Å². The first-order valence-corrected chi connectivity index (χ1v) is 6.28. The molecule has 0 aliphatic rings. The molecule has 19 heavy (non-hydrogen) atoms. The van der Waals surface area contributed by atoms with Crippen molar-refractivity contribution in [3.8, 4) is 5.75 Å². The van der Waals surface area contributed by atoms with Crippen LogP contribution in [0.2, 0.25) is 0 Å². The fourth-order valence-corrected chi connectivity index (χ4v) is 1.60. The molecule has 0 amide bonds. The summed E-state index contributed by atoms with van der Waals surface area (Å²) < 4.78 is 10.3. The molecule has 0 heterocycles. The molecule has 0 unspecified atom stereocenters. The van der Waals surface area contributed by atoms with Crippen molar-refractivity contribution >= 4 is 23.4 Å². The number of hydrogen-bond donors (Lipinski definition) is 0. The van der Waals surface area contributed by atoms with Crippen LogP contribution in [0.4, 0.5) is 0 Å². The molecule has 5 heteroatoms. The highest BCUT2D eigenvalue weighted by atomic mass is 32.1. The minimum absolute atomic E-state index is 0.273. The Bertz CT molecular complexity index is 466. The fraction of sp³-hybridized carbons (Fsp3) is 0.429. The normalized spacial score (nSPS) is 10.8. The molecule has 104 valence electrons. The number of carbonyl (C=O) groups excluding carboxylic acids is 1. The van der Waals surface area contributed by atoms with Gasteiger partial charge in [-0.05, 0) is 43.8 Å². The Morgan fingerprint density at radius 3 is 2.16 bits per heavy atom. The Kier molecular flexibility index (Phi) is 4.89. The maximum atomic E-state index is 11.7. The van der Waals surface area contributed by atoms with Crippen molar-refractivity contribution in [1.29, 1.82) is 0 Å². The van der Waals surface area contributed by atoms with Gasteiger partial charge in [0.25, 0.3) is 5.17 Å². The number of carbonyl (C=O) groups is 1. The molecule has 0 aliphatic heterocycles. The predicted octanol–water partition coefficient (Wildman–Crippen LogP) is 2.36. The Hall–Kier alpha value is -1.62. The second-order valence-electron chi connectivity index (χ2n) is 4.90. The Balaban J connectivity index is 2.88. The molecule has 1 aromatic rings. The predicted molar refractivity (Wildman–Crippen MR) is 78.4 cm³/mol. The molecule has 1 aromatic carbocycles. The van der Waals surface area contributed by atoms with Gasteiger partial charge in [-0.3, -0.25) is 4.79 Å². The lowest BCUT2D eigenvalue weighted by Gasteiger charge is -2.22. The lowest BCUT2D eigenvalue weighted by atomic mass is 9.85. The van der Waals surface area contributed by atoms with Gasteiger partial charge in [-0.25, -0.2) is 0 Å². The van der Waals surface area contributed by atoms with Crippen LogP contribution in [0.1, 0.15) is 19.4 Å². The van der Waals surface area contributed by atoms with Gasteiger partial charge in [0.05, 0.1) is 12.5 Å². The second kappa shape index (κ2) is 6.02. The molecular formula is C14H19NO3S. The first-order valence-electron chi connectivity index (χ1n) is 5.87. The first kappa shape index (κ1) is 15.4. The van der Waals surface area contributed by atoms with E-state index in [1.165, 1.54) is 7.11 Å². The monoisotopic (exact) mass is 281 g/mol. The highest BCUT2D eigenvalue weighted by molar-refractivity contribution is 7.80. The molecule has 0 saturated carbocycles. The van der Waals surface area contributed by atoms with Crippen LogP contribution < -0.4 is 4.74 Å². The number of esters is 1. The van der Waals surface area contributed by atoms with Crippen LogP contribution in [0.15, 0.2) is 24.3 Å². The molecule has 0 radical (unpaired) electrons. The maximum Gasteiger partial charge on any atom is 0.315 e. The number of thiocarbonyl (C=S) groups is 1. The molecule has 0 aromatic heterocycles. The SMILES string of the molecule is COC(=O)C(C)(C)c1ccc(OC(=S)N(C)C)cc1. The van der Waals surface area contributed by atoms with E-state index in [0.29, 0.717) is 10.9 Å². The van der Waals surface area contributed by atoms with Gasteiger partial charge in [0, 0.05) is 14.1 Å². The first-order chi connectivity index (χ1) is 8.78. The zero-order valence-electron chi connectivity index (χ0n) is 11.9. The highest BCUT2D eigenvalue weighted by Crippen LogP contribution is 2.26. The summed E-state index contributed by atoms with van der Waals surface area (Å²) in [5.74, 6) is 0.369. The molecule has 0 fully saturated rings. The summed E-state index contributed by atoms with van der Waals surface area (Å²) in [6.45, 7) is 3.64. The standard InChI is InChI=1S/C14H19NO3S/c1-14(2,12(16)17-5)10-6-8-11(9-7-10)18-13(19)15(3)4/h6-9H,1-5H3. The number of rotatable bonds is 3. The molecule has 0 spiro atoms. The number of methoxy groups -OCH3 is 1. The topological polar surface area (TPSA) is 38.8 Å². The van der Waals surface area contributed by atoms with E-state index in [9.17, 15) is 4.79 Å². The number of nitrogens with zero attached hydrogens (tertiary/aromatic N) is 1. The smallest absolute Gasteiger partial charge is 0.315 e. The zero-order chi connectivity index (χ0) is 14.6. The van der Waals surface area contributed by atoms with Crippen molar-refractivity contribution in [2.24, 2.45) is 0 Å². The minimum atomic E-state index is -0.685. The molecule has 0 aliphatic carbocycles. The summed E-state index contributed by atoms with van der Waals surface area (Å²) in [5, 5.41) is 0.389. The van der Waals surface area contributed by atoms with Crippen LogP contribution in [0, 0.1) is 0 Å². The summed E-state index contributed by atoms with van der Waals surface area (Å²) >= 11 is 5.06. The van der Waals surface area contributed by atoms with Crippen LogP contribution in [-0.2, 0) is 14.9 Å². The third kappa shape index (κ3) is 3.67. The molecule has 1 rings (SSSR count). The van der Waals surface area contributed by atoms with Crippen LogP contribution in [0.3, 0.4) is 0 Å². The van der Waals surface area contributed by atoms with Gasteiger partial charge >= 0.3 is 5.97 Å². The Morgan fingerprint density at radius 1 is 1.21 bits per heavy atom. The van der Waals surface area contributed by atoms with E-state index >= 15 is 0 Å². The van der Waals surface area contributed by atoms with E-state index in [1.807, 2.05) is 40.1 Å². The molecule has 0 atom stereocenters. The van der Waals surface area contributed by atoms with E-state index in [4.69, 9.17) is 21.7 Å². The molecule has 4 nitrogen and oxygen atoms in total. The van der Waals surface area contributed by atoms with Crippen molar-refractivity contribution in [2.75, 3.05) is 21.2 Å². The van der Waals surface area contributed by atoms with Crippen molar-refractivity contribution in [2.45, 2.75) is 19.3 Å². The van der Waals surface area contributed by atoms with Crippen molar-refractivity contribution < 1.29 is 14.3 Å². The van der Waals surface area contributed by atoms with E-state index in [2.05, 4.69) is 0 Å². The van der Waals surface area contributed by atoms with Gasteiger partial charge in [0.15, 0.2) is 0 Å². The van der Waals surface area contributed by atoms with Crippen LogP contribution in [-0.4, -0.2) is 37.2 Å². The summed E-state index contributed by atoms with van der Waals surface area (Å²) in [7, 11) is 5.02. The van der Waals surface area contributed by atoms with E-state index in [-0.39, 0.29) is 5.97 Å². The highest BCUT2D eigenvalue weighted by Gasteiger charge is 2.30. The third-order valence-corrected chi connectivity index (χ3v) is 3.29. The van der Waals surface area contributed by atoms with E-state index < -0.39 is 5.41 Å². The van der Waals surface area contributed by atoms with E-state index in [1.54, 1.807) is 17.0 Å². The van der Waals surface area contributed by atoms with Crippen molar-refractivity contribution in [1.82, 2.24) is 4.90 Å². The van der Waals surface area contributed by atoms with Crippen LogP contribution >= 0.6 is 12.2 Å². The average molecular weight is 281 g/mol. The fourth-order valence-electron chi connectivity index (χ4n) is 1.50. The quantitative estimate of drug-likeness (QED) is 0.628. The number of ether oxygens (including phenoxy) is 2. The lowest BCUT2D eigenvalue weighted by Crippen LogP contribution is -2.30. The molecular weight excluding hydrogens is 262 g/mol. The number of benzene rings is 1. The summed E-state index contributed by atoms with van der Waals surface area (Å²) in [5.41, 5.74) is 0.178. The van der Waals surface area contributed by atoms with Crippen LogP contribution in [0.25, 0.3) is 0 Å². The van der Waals surface area contributed by atoms with E-state index in [0.717, 1.165) is 5.56 Å². The summed E-state index contributed by atoms with van der Waals surface area (Å²) in [6, 6.07) is 7.25. The van der Waals surface area contributed by atoms with Crippen molar-refractivity contribution in [3.63, 3.8) is 0 Å². The molecule has 0 N–H and O–H groups in total. The Morgan fingerprint density at radius 2 is 1.74 bits per heavy atom. The maximum absolute atomic E-state index is 11.7.